The fraction of sp³-hybridized carbons (Fsp3) is 0.250. The van der Waals surface area contributed by atoms with Crippen LogP contribution in [-0.2, 0) is 6.18 Å². The summed E-state index contributed by atoms with van der Waals surface area (Å²) in [5.74, 6) is -1.58. The van der Waals surface area contributed by atoms with Gasteiger partial charge in [0.05, 0.1) is 15.6 Å². The van der Waals surface area contributed by atoms with Crippen molar-refractivity contribution in [1.29, 1.82) is 0 Å². The predicted octanol–water partition coefficient (Wildman–Crippen LogP) is 4.54. The fourth-order valence-electron chi connectivity index (χ4n) is 1.03. The molecule has 0 aliphatic rings. The van der Waals surface area contributed by atoms with Crippen LogP contribution in [0.3, 0.4) is 0 Å². The average molecular weight is 293 g/mol. The molecule has 0 aliphatic carbocycles. The van der Waals surface area contributed by atoms with Crippen LogP contribution in [0.4, 0.5) is 26.3 Å². The summed E-state index contributed by atoms with van der Waals surface area (Å²) in [7, 11) is 0. The van der Waals surface area contributed by atoms with E-state index in [0.29, 0.717) is 6.07 Å². The van der Waals surface area contributed by atoms with Gasteiger partial charge in [0.25, 0.3) is 6.43 Å². The lowest BCUT2D eigenvalue weighted by molar-refractivity contribution is -0.139. The van der Waals surface area contributed by atoms with Crippen LogP contribution in [0, 0.1) is 5.82 Å². The summed E-state index contributed by atoms with van der Waals surface area (Å²) in [6, 6.07) is 1.15. The van der Waals surface area contributed by atoms with E-state index in [2.05, 4.69) is 15.9 Å². The van der Waals surface area contributed by atoms with Gasteiger partial charge in [-0.25, -0.2) is 13.2 Å². The predicted molar refractivity (Wildman–Crippen MR) is 44.1 cm³/mol. The van der Waals surface area contributed by atoms with Gasteiger partial charge >= 0.3 is 6.18 Å². The molecule has 15 heavy (non-hydrogen) atoms. The van der Waals surface area contributed by atoms with Crippen molar-refractivity contribution in [3.8, 4) is 0 Å². The highest BCUT2D eigenvalue weighted by Crippen LogP contribution is 2.39. The lowest BCUT2D eigenvalue weighted by atomic mass is 10.1. The first-order chi connectivity index (χ1) is 6.75. The fourth-order valence-corrected chi connectivity index (χ4v) is 1.37. The molecular weight excluding hydrogens is 290 g/mol. The van der Waals surface area contributed by atoms with Crippen LogP contribution < -0.4 is 0 Å². The highest BCUT2D eigenvalue weighted by atomic mass is 79.9. The smallest absolute Gasteiger partial charge is 0.205 e. The molecule has 0 atom stereocenters. The molecular formula is C8H3BrF6. The third kappa shape index (κ3) is 2.45. The number of hydrogen-bond acceptors (Lipinski definition) is 0. The Morgan fingerprint density at radius 3 is 2.07 bits per heavy atom. The van der Waals surface area contributed by atoms with Gasteiger partial charge in [0.1, 0.15) is 5.82 Å². The molecule has 0 unspecified atom stereocenters. The van der Waals surface area contributed by atoms with Crippen LogP contribution in [0.15, 0.2) is 16.6 Å². The van der Waals surface area contributed by atoms with E-state index in [9.17, 15) is 26.3 Å². The van der Waals surface area contributed by atoms with Crippen LogP contribution >= 0.6 is 15.9 Å². The number of rotatable bonds is 1. The molecule has 0 saturated heterocycles. The second kappa shape index (κ2) is 4.03. The highest BCUT2D eigenvalue weighted by molar-refractivity contribution is 9.10. The van der Waals surface area contributed by atoms with Gasteiger partial charge in [-0.05, 0) is 28.1 Å². The first-order valence-corrected chi connectivity index (χ1v) is 4.37. The summed E-state index contributed by atoms with van der Waals surface area (Å²) < 4.78 is 73.7. The lowest BCUT2D eigenvalue weighted by Crippen LogP contribution is -2.11. The molecule has 0 aromatic heterocycles. The van der Waals surface area contributed by atoms with Crippen molar-refractivity contribution in [3.05, 3.63) is 33.5 Å². The quantitative estimate of drug-likeness (QED) is 0.667. The van der Waals surface area contributed by atoms with Gasteiger partial charge in [-0.15, -0.1) is 0 Å². The summed E-state index contributed by atoms with van der Waals surface area (Å²) >= 11 is 2.54. The van der Waals surface area contributed by atoms with E-state index in [1.165, 1.54) is 0 Å². The van der Waals surface area contributed by atoms with Crippen molar-refractivity contribution in [2.75, 3.05) is 0 Å². The summed E-state index contributed by atoms with van der Waals surface area (Å²) in [6.45, 7) is 0. The van der Waals surface area contributed by atoms with Crippen molar-refractivity contribution >= 4 is 15.9 Å². The third-order valence-electron chi connectivity index (χ3n) is 1.66. The SMILES string of the molecule is Fc1c(Br)ccc(C(F)(F)F)c1C(F)F. The molecule has 0 heterocycles. The molecule has 1 rings (SSSR count). The van der Waals surface area contributed by atoms with Gasteiger partial charge in [-0.3, -0.25) is 0 Å². The second-order valence-corrected chi connectivity index (χ2v) is 3.48. The number of benzene rings is 1. The van der Waals surface area contributed by atoms with E-state index in [-0.39, 0.29) is 0 Å². The normalized spacial score (nSPS) is 12.3. The summed E-state index contributed by atoms with van der Waals surface area (Å²) in [5, 5.41) is 0. The molecule has 0 fully saturated rings. The van der Waals surface area contributed by atoms with Gasteiger partial charge < -0.3 is 0 Å². The summed E-state index contributed by atoms with van der Waals surface area (Å²) in [4.78, 5) is 0. The molecule has 0 N–H and O–H groups in total. The second-order valence-electron chi connectivity index (χ2n) is 2.62. The minimum Gasteiger partial charge on any atom is -0.205 e. The van der Waals surface area contributed by atoms with Gasteiger partial charge in [0.2, 0.25) is 0 Å². The Kier molecular flexibility index (Phi) is 3.32. The molecule has 0 nitrogen and oxygen atoms in total. The molecule has 0 bridgehead atoms. The summed E-state index contributed by atoms with van der Waals surface area (Å²) in [5.41, 5.74) is -3.28. The van der Waals surface area contributed by atoms with E-state index in [1.54, 1.807) is 0 Å². The first-order valence-electron chi connectivity index (χ1n) is 3.58. The van der Waals surface area contributed by atoms with E-state index in [4.69, 9.17) is 0 Å². The van der Waals surface area contributed by atoms with Crippen molar-refractivity contribution in [3.63, 3.8) is 0 Å². The zero-order valence-electron chi connectivity index (χ0n) is 6.88. The Morgan fingerprint density at radius 1 is 1.13 bits per heavy atom. The van der Waals surface area contributed by atoms with Gasteiger partial charge in [-0.1, -0.05) is 0 Å². The zero-order chi connectivity index (χ0) is 11.8. The van der Waals surface area contributed by atoms with E-state index < -0.39 is 34.0 Å². The first kappa shape index (κ1) is 12.4. The van der Waals surface area contributed by atoms with Crippen molar-refractivity contribution in [1.82, 2.24) is 0 Å². The summed E-state index contributed by atoms with van der Waals surface area (Å²) in [6.07, 6.45) is -8.51. The molecule has 1 aromatic carbocycles. The molecule has 7 heteroatoms. The molecule has 0 saturated carbocycles. The topological polar surface area (TPSA) is 0 Å². The van der Waals surface area contributed by atoms with Crippen LogP contribution in [-0.4, -0.2) is 0 Å². The van der Waals surface area contributed by atoms with Crippen LogP contribution in [0.2, 0.25) is 0 Å². The highest BCUT2D eigenvalue weighted by Gasteiger charge is 2.37. The molecule has 0 aliphatic heterocycles. The van der Waals surface area contributed by atoms with Crippen molar-refractivity contribution in [2.45, 2.75) is 12.6 Å². The Morgan fingerprint density at radius 2 is 1.67 bits per heavy atom. The van der Waals surface area contributed by atoms with Gasteiger partial charge in [0.15, 0.2) is 0 Å². The van der Waals surface area contributed by atoms with Gasteiger partial charge in [0, 0.05) is 0 Å². The van der Waals surface area contributed by atoms with Gasteiger partial charge in [-0.2, -0.15) is 13.2 Å². The maximum Gasteiger partial charge on any atom is 0.416 e. The Bertz CT molecular complexity index is 370. The van der Waals surface area contributed by atoms with Crippen molar-refractivity contribution in [2.24, 2.45) is 0 Å². The standard InChI is InChI=1S/C8H3BrF6/c9-4-2-1-3(8(13,14)15)5(6(4)10)7(11)12/h1-2,7H. The molecule has 84 valence electrons. The minimum atomic E-state index is -4.99. The molecule has 0 spiro atoms. The Labute approximate surface area is 89.0 Å². The Balaban J connectivity index is 3.47. The number of halogens is 7. The third-order valence-corrected chi connectivity index (χ3v) is 2.27. The lowest BCUT2D eigenvalue weighted by Gasteiger charge is -2.13. The molecule has 0 radical (unpaired) electrons. The zero-order valence-corrected chi connectivity index (χ0v) is 8.46. The number of hydrogen-bond donors (Lipinski definition) is 0. The largest absolute Gasteiger partial charge is 0.416 e. The number of alkyl halides is 5. The van der Waals surface area contributed by atoms with Crippen LogP contribution in [0.5, 0.6) is 0 Å². The van der Waals surface area contributed by atoms with E-state index in [1.807, 2.05) is 0 Å². The van der Waals surface area contributed by atoms with Crippen LogP contribution in [0.1, 0.15) is 17.6 Å². The van der Waals surface area contributed by atoms with E-state index >= 15 is 0 Å². The maximum atomic E-state index is 13.0. The monoisotopic (exact) mass is 292 g/mol. The molecule has 0 amide bonds. The minimum absolute atomic E-state index is 0.411. The van der Waals surface area contributed by atoms with Crippen molar-refractivity contribution < 1.29 is 26.3 Å². The van der Waals surface area contributed by atoms with E-state index in [0.717, 1.165) is 6.07 Å². The van der Waals surface area contributed by atoms with Crippen LogP contribution in [0.25, 0.3) is 0 Å². The Hall–Kier alpha value is -0.720. The maximum absolute atomic E-state index is 13.0. The molecule has 1 aromatic rings. The average Bonchev–Trinajstić information content (AvgIpc) is 2.06.